The third kappa shape index (κ3) is 4.96. The maximum atomic E-state index is 13.2. The van der Waals surface area contributed by atoms with Crippen molar-refractivity contribution >= 4 is 28.7 Å². The summed E-state index contributed by atoms with van der Waals surface area (Å²) in [6, 6.07) is 10.5. The van der Waals surface area contributed by atoms with E-state index in [9.17, 15) is 4.39 Å². The lowest BCUT2D eigenvalue weighted by atomic mass is 9.85. The number of aryl methyl sites for hydroxylation is 1. The topological polar surface area (TPSA) is 36.5 Å². The summed E-state index contributed by atoms with van der Waals surface area (Å²) < 4.78 is 18.7. The first-order chi connectivity index (χ1) is 13.4. The lowest BCUT2D eigenvalue weighted by Gasteiger charge is -2.44. The molecule has 1 aliphatic heterocycles. The molecule has 0 unspecified atom stereocenters. The molecule has 0 aliphatic carbocycles. The molecule has 1 saturated heterocycles. The lowest BCUT2D eigenvalue weighted by molar-refractivity contribution is -0.117. The van der Waals surface area contributed by atoms with Gasteiger partial charge in [-0.2, -0.15) is 0 Å². The summed E-state index contributed by atoms with van der Waals surface area (Å²) >= 11 is 6.11. The van der Waals surface area contributed by atoms with Crippen LogP contribution in [0.2, 0.25) is 5.02 Å². The van der Waals surface area contributed by atoms with Gasteiger partial charge in [0.25, 0.3) is 0 Å². The minimum atomic E-state index is -0.343. The summed E-state index contributed by atoms with van der Waals surface area (Å²) in [5, 5.41) is 7.22. The zero-order valence-corrected chi connectivity index (χ0v) is 17.6. The van der Waals surface area contributed by atoms with Crippen LogP contribution in [0.5, 0.6) is 0 Å². The van der Waals surface area contributed by atoms with Gasteiger partial charge in [0.1, 0.15) is 5.82 Å². The van der Waals surface area contributed by atoms with E-state index in [0.717, 1.165) is 56.3 Å². The molecule has 1 fully saturated rings. The Morgan fingerprint density at radius 2 is 1.82 bits per heavy atom. The average molecular weight is 406 g/mol. The predicted molar refractivity (Wildman–Crippen MR) is 115 cm³/mol. The normalized spacial score (nSPS) is 15.4. The Morgan fingerprint density at radius 3 is 2.39 bits per heavy atom. The summed E-state index contributed by atoms with van der Waals surface area (Å²) in [7, 11) is 0. The molecule has 4 nitrogen and oxygen atoms in total. The molecule has 28 heavy (non-hydrogen) atoms. The molecule has 2 N–H and O–H groups in total. The lowest BCUT2D eigenvalue weighted by Crippen LogP contribution is -2.54. The Kier molecular flexibility index (Phi) is 6.81. The number of halogens is 2. The molecule has 152 valence electrons. The van der Waals surface area contributed by atoms with Gasteiger partial charge in [0, 0.05) is 29.9 Å². The first-order valence-corrected chi connectivity index (χ1v) is 10.2. The number of ether oxygens (including phenoxy) is 1. The van der Waals surface area contributed by atoms with Crippen LogP contribution in [0.25, 0.3) is 0 Å². The number of hydrogen-bond donors (Lipinski definition) is 2. The SMILES string of the molecule is CCN(CC)CC1(CNc2ccc(Nc3ccc(F)cc3Cl)cc2C)COC1. The fraction of sp³-hybridized carbons (Fsp3) is 0.455. The Hall–Kier alpha value is -1.82. The van der Waals surface area contributed by atoms with E-state index < -0.39 is 0 Å². The summed E-state index contributed by atoms with van der Waals surface area (Å²) in [6.07, 6.45) is 0. The Morgan fingerprint density at radius 1 is 1.11 bits per heavy atom. The molecule has 2 aromatic rings. The highest BCUT2D eigenvalue weighted by molar-refractivity contribution is 6.33. The number of rotatable bonds is 9. The largest absolute Gasteiger partial charge is 0.384 e. The van der Waals surface area contributed by atoms with Crippen molar-refractivity contribution in [2.24, 2.45) is 5.41 Å². The molecule has 1 heterocycles. The average Bonchev–Trinajstić information content (AvgIpc) is 2.64. The van der Waals surface area contributed by atoms with Gasteiger partial charge in [-0.25, -0.2) is 4.39 Å². The van der Waals surface area contributed by atoms with Crippen LogP contribution in [0, 0.1) is 18.2 Å². The van der Waals surface area contributed by atoms with Crippen LogP contribution in [0.15, 0.2) is 36.4 Å². The molecule has 0 bridgehead atoms. The van der Waals surface area contributed by atoms with Crippen LogP contribution in [0.4, 0.5) is 21.5 Å². The second kappa shape index (κ2) is 9.12. The fourth-order valence-electron chi connectivity index (χ4n) is 3.53. The Balaban J connectivity index is 1.64. The summed E-state index contributed by atoms with van der Waals surface area (Å²) in [5.74, 6) is -0.343. The molecule has 0 amide bonds. The second-order valence-electron chi connectivity index (χ2n) is 7.59. The highest BCUT2D eigenvalue weighted by Gasteiger charge is 2.39. The molecule has 0 aromatic heterocycles. The molecule has 6 heteroatoms. The molecule has 0 spiro atoms. The predicted octanol–water partition coefficient (Wildman–Crippen LogP) is 5.30. The van der Waals surface area contributed by atoms with E-state index in [0.29, 0.717) is 10.7 Å². The molecular formula is C22H29ClFN3O. The third-order valence-corrected chi connectivity index (χ3v) is 5.67. The van der Waals surface area contributed by atoms with Gasteiger partial charge >= 0.3 is 0 Å². The third-order valence-electron chi connectivity index (χ3n) is 5.36. The highest BCUT2D eigenvalue weighted by Crippen LogP contribution is 2.31. The van der Waals surface area contributed by atoms with Crippen molar-refractivity contribution in [2.45, 2.75) is 20.8 Å². The van der Waals surface area contributed by atoms with Crippen LogP contribution in [-0.2, 0) is 4.74 Å². The van der Waals surface area contributed by atoms with Crippen molar-refractivity contribution in [1.82, 2.24) is 4.90 Å². The minimum absolute atomic E-state index is 0.178. The van der Waals surface area contributed by atoms with Crippen LogP contribution in [0.3, 0.4) is 0 Å². The van der Waals surface area contributed by atoms with Crippen molar-refractivity contribution in [1.29, 1.82) is 0 Å². The first-order valence-electron chi connectivity index (χ1n) is 9.81. The molecule has 0 radical (unpaired) electrons. The molecule has 2 aromatic carbocycles. The molecule has 0 saturated carbocycles. The van der Waals surface area contributed by atoms with E-state index >= 15 is 0 Å². The minimum Gasteiger partial charge on any atom is -0.384 e. The molecular weight excluding hydrogens is 377 g/mol. The monoisotopic (exact) mass is 405 g/mol. The van der Waals surface area contributed by atoms with Gasteiger partial charge in [0.15, 0.2) is 0 Å². The Labute approximate surface area is 172 Å². The standard InChI is InChI=1S/C22H29ClFN3O/c1-4-27(5-2)13-22(14-28-15-22)12-25-20-9-7-18(10-16(20)3)26-21-8-6-17(24)11-19(21)23/h6-11,25-26H,4-5,12-15H2,1-3H3. The maximum Gasteiger partial charge on any atom is 0.124 e. The van der Waals surface area contributed by atoms with Crippen molar-refractivity contribution in [3.05, 3.63) is 52.8 Å². The van der Waals surface area contributed by atoms with E-state index in [-0.39, 0.29) is 11.2 Å². The van der Waals surface area contributed by atoms with Crippen LogP contribution in [0.1, 0.15) is 19.4 Å². The van der Waals surface area contributed by atoms with Crippen molar-refractivity contribution in [3.8, 4) is 0 Å². The quantitative estimate of drug-likeness (QED) is 0.593. The van der Waals surface area contributed by atoms with Gasteiger partial charge in [0.05, 0.1) is 23.9 Å². The number of nitrogens with zero attached hydrogens (tertiary/aromatic N) is 1. The zero-order valence-electron chi connectivity index (χ0n) is 16.8. The maximum absolute atomic E-state index is 13.2. The van der Waals surface area contributed by atoms with Gasteiger partial charge in [-0.3, -0.25) is 0 Å². The van der Waals surface area contributed by atoms with E-state index in [1.54, 1.807) is 6.07 Å². The van der Waals surface area contributed by atoms with Gasteiger partial charge in [0.2, 0.25) is 0 Å². The second-order valence-corrected chi connectivity index (χ2v) is 7.99. The fourth-order valence-corrected chi connectivity index (χ4v) is 3.74. The van der Waals surface area contributed by atoms with Crippen LogP contribution >= 0.6 is 11.6 Å². The van der Waals surface area contributed by atoms with E-state index in [1.807, 2.05) is 6.07 Å². The van der Waals surface area contributed by atoms with Gasteiger partial charge in [-0.1, -0.05) is 25.4 Å². The van der Waals surface area contributed by atoms with E-state index in [2.05, 4.69) is 48.4 Å². The summed E-state index contributed by atoms with van der Waals surface area (Å²) in [4.78, 5) is 2.45. The van der Waals surface area contributed by atoms with Crippen LogP contribution in [-0.4, -0.2) is 44.3 Å². The smallest absolute Gasteiger partial charge is 0.124 e. The van der Waals surface area contributed by atoms with Crippen LogP contribution < -0.4 is 10.6 Å². The van der Waals surface area contributed by atoms with Crippen molar-refractivity contribution < 1.29 is 9.13 Å². The van der Waals surface area contributed by atoms with Gasteiger partial charge in [-0.05, 0) is 62.0 Å². The highest BCUT2D eigenvalue weighted by atomic mass is 35.5. The zero-order chi connectivity index (χ0) is 20.1. The van der Waals surface area contributed by atoms with E-state index in [4.69, 9.17) is 16.3 Å². The van der Waals surface area contributed by atoms with E-state index in [1.165, 1.54) is 12.1 Å². The molecule has 1 aliphatic rings. The summed E-state index contributed by atoms with van der Waals surface area (Å²) in [6.45, 7) is 12.1. The van der Waals surface area contributed by atoms with Crippen molar-refractivity contribution in [3.63, 3.8) is 0 Å². The number of hydrogen-bond acceptors (Lipinski definition) is 4. The van der Waals surface area contributed by atoms with Crippen molar-refractivity contribution in [2.75, 3.05) is 50.0 Å². The number of nitrogens with one attached hydrogen (secondary N) is 2. The number of anilines is 3. The molecule has 0 atom stereocenters. The molecule has 3 rings (SSSR count). The number of benzene rings is 2. The Bertz CT molecular complexity index is 806. The van der Waals surface area contributed by atoms with Gasteiger partial charge < -0.3 is 20.3 Å². The summed E-state index contributed by atoms with van der Waals surface area (Å²) in [5.41, 5.74) is 4.04. The van der Waals surface area contributed by atoms with Gasteiger partial charge in [-0.15, -0.1) is 0 Å². The first kappa shape index (κ1) is 20.9.